The van der Waals surface area contributed by atoms with Gasteiger partial charge in [-0.25, -0.2) is 0 Å². The lowest BCUT2D eigenvalue weighted by molar-refractivity contribution is 0.100. The van der Waals surface area contributed by atoms with E-state index < -0.39 is 0 Å². The summed E-state index contributed by atoms with van der Waals surface area (Å²) in [5.41, 5.74) is 7.02. The van der Waals surface area contributed by atoms with Crippen LogP contribution in [-0.2, 0) is 6.42 Å². The van der Waals surface area contributed by atoms with Crippen molar-refractivity contribution in [2.45, 2.75) is 39.2 Å². The van der Waals surface area contributed by atoms with Crippen LogP contribution in [0.3, 0.4) is 0 Å². The minimum Gasteiger partial charge on any atom is -0.366 e. The average molecular weight is 234 g/mol. The van der Waals surface area contributed by atoms with Crippen LogP contribution in [0, 0.1) is 0 Å². The zero-order valence-electron chi connectivity index (χ0n) is 10.7. The molecule has 0 radical (unpaired) electrons. The minimum atomic E-state index is -0.366. The molecule has 17 heavy (non-hydrogen) atoms. The average Bonchev–Trinajstić information content (AvgIpc) is 2.34. The summed E-state index contributed by atoms with van der Waals surface area (Å²) in [4.78, 5) is 10.9. The molecule has 3 N–H and O–H groups in total. The summed E-state index contributed by atoms with van der Waals surface area (Å²) in [6.45, 7) is 5.44. The molecule has 0 aliphatic rings. The lowest BCUT2D eigenvalue weighted by Crippen LogP contribution is -2.27. The monoisotopic (exact) mass is 234 g/mol. The zero-order chi connectivity index (χ0) is 12.7. The maximum absolute atomic E-state index is 10.9. The van der Waals surface area contributed by atoms with Gasteiger partial charge < -0.3 is 11.1 Å². The van der Waals surface area contributed by atoms with E-state index in [1.807, 2.05) is 12.1 Å². The molecular formula is C14H22N2O. The van der Waals surface area contributed by atoms with Crippen molar-refractivity contribution in [3.05, 3.63) is 35.4 Å². The summed E-state index contributed by atoms with van der Waals surface area (Å²) >= 11 is 0. The Balaban J connectivity index is 2.39. The second-order valence-electron chi connectivity index (χ2n) is 4.46. The summed E-state index contributed by atoms with van der Waals surface area (Å²) < 4.78 is 0. The van der Waals surface area contributed by atoms with Gasteiger partial charge >= 0.3 is 0 Å². The van der Waals surface area contributed by atoms with Crippen LogP contribution in [0.5, 0.6) is 0 Å². The lowest BCUT2D eigenvalue weighted by Gasteiger charge is -2.12. The van der Waals surface area contributed by atoms with Gasteiger partial charge in [-0.1, -0.05) is 19.1 Å². The summed E-state index contributed by atoms with van der Waals surface area (Å²) in [5, 5.41) is 3.46. The first-order valence-electron chi connectivity index (χ1n) is 6.25. The van der Waals surface area contributed by atoms with Crippen molar-refractivity contribution in [1.82, 2.24) is 5.32 Å². The maximum atomic E-state index is 10.9. The molecule has 1 atom stereocenters. The standard InChI is InChI=1S/C14H22N2O/c1-3-10-16-11(2)4-5-12-6-8-13(9-7-12)14(15)17/h6-9,11,16H,3-5,10H2,1-2H3,(H2,15,17). The highest BCUT2D eigenvalue weighted by Gasteiger charge is 2.03. The van der Waals surface area contributed by atoms with Crippen LogP contribution >= 0.6 is 0 Å². The van der Waals surface area contributed by atoms with Crippen molar-refractivity contribution < 1.29 is 4.79 Å². The van der Waals surface area contributed by atoms with Gasteiger partial charge in [0, 0.05) is 11.6 Å². The van der Waals surface area contributed by atoms with E-state index >= 15 is 0 Å². The van der Waals surface area contributed by atoms with Crippen molar-refractivity contribution in [3.63, 3.8) is 0 Å². The Kier molecular flexibility index (Phi) is 5.70. The van der Waals surface area contributed by atoms with Crippen molar-refractivity contribution in [2.24, 2.45) is 5.73 Å². The topological polar surface area (TPSA) is 55.1 Å². The maximum Gasteiger partial charge on any atom is 0.248 e. The Morgan fingerprint density at radius 3 is 2.53 bits per heavy atom. The number of amides is 1. The molecule has 3 nitrogen and oxygen atoms in total. The molecule has 0 fully saturated rings. The molecule has 0 bridgehead atoms. The number of nitrogens with one attached hydrogen (secondary N) is 1. The van der Waals surface area contributed by atoms with Gasteiger partial charge in [-0.05, 0) is 50.4 Å². The number of rotatable bonds is 7. The first-order valence-corrected chi connectivity index (χ1v) is 6.25. The molecule has 0 spiro atoms. The Morgan fingerprint density at radius 2 is 2.00 bits per heavy atom. The highest BCUT2D eigenvalue weighted by atomic mass is 16.1. The molecule has 1 aromatic carbocycles. The Hall–Kier alpha value is -1.35. The number of aryl methyl sites for hydroxylation is 1. The van der Waals surface area contributed by atoms with Crippen LogP contribution in [0.25, 0.3) is 0 Å². The third-order valence-corrected chi connectivity index (χ3v) is 2.85. The SMILES string of the molecule is CCCNC(C)CCc1ccc(C(N)=O)cc1. The van der Waals surface area contributed by atoms with Gasteiger partial charge in [0.15, 0.2) is 0 Å². The molecule has 1 amide bonds. The first-order chi connectivity index (χ1) is 8.13. The van der Waals surface area contributed by atoms with Crippen LogP contribution in [0.15, 0.2) is 24.3 Å². The third kappa shape index (κ3) is 5.00. The van der Waals surface area contributed by atoms with E-state index in [1.54, 1.807) is 12.1 Å². The lowest BCUT2D eigenvalue weighted by atomic mass is 10.0. The second kappa shape index (κ2) is 7.07. The fourth-order valence-electron chi connectivity index (χ4n) is 1.71. The van der Waals surface area contributed by atoms with Crippen molar-refractivity contribution in [1.29, 1.82) is 0 Å². The largest absolute Gasteiger partial charge is 0.366 e. The Morgan fingerprint density at radius 1 is 1.35 bits per heavy atom. The number of benzene rings is 1. The normalized spacial score (nSPS) is 12.4. The van der Waals surface area contributed by atoms with E-state index in [2.05, 4.69) is 19.2 Å². The number of carbonyl (C=O) groups excluding carboxylic acids is 1. The number of primary amides is 1. The second-order valence-corrected chi connectivity index (χ2v) is 4.46. The minimum absolute atomic E-state index is 0.366. The molecule has 3 heteroatoms. The van der Waals surface area contributed by atoms with Gasteiger partial charge in [0.2, 0.25) is 5.91 Å². The molecule has 94 valence electrons. The Bertz CT molecular complexity index is 346. The van der Waals surface area contributed by atoms with Gasteiger partial charge in [0.05, 0.1) is 0 Å². The molecule has 1 rings (SSSR count). The van der Waals surface area contributed by atoms with Crippen LogP contribution in [0.1, 0.15) is 42.6 Å². The first kappa shape index (κ1) is 13.7. The number of hydrogen-bond acceptors (Lipinski definition) is 2. The fraction of sp³-hybridized carbons (Fsp3) is 0.500. The van der Waals surface area contributed by atoms with Crippen LogP contribution in [0.2, 0.25) is 0 Å². The van der Waals surface area contributed by atoms with Gasteiger partial charge in [-0.3, -0.25) is 4.79 Å². The predicted molar refractivity (Wildman–Crippen MR) is 71.0 cm³/mol. The molecule has 0 saturated carbocycles. The van der Waals surface area contributed by atoms with Crippen molar-refractivity contribution in [2.75, 3.05) is 6.54 Å². The predicted octanol–water partition coefficient (Wildman–Crippen LogP) is 2.11. The summed E-state index contributed by atoms with van der Waals surface area (Å²) in [7, 11) is 0. The molecule has 1 aromatic rings. The molecule has 0 heterocycles. The zero-order valence-corrected chi connectivity index (χ0v) is 10.7. The summed E-state index contributed by atoms with van der Waals surface area (Å²) in [6.07, 6.45) is 3.30. The highest BCUT2D eigenvalue weighted by Crippen LogP contribution is 2.07. The van der Waals surface area contributed by atoms with Crippen LogP contribution in [-0.4, -0.2) is 18.5 Å². The van der Waals surface area contributed by atoms with Crippen LogP contribution in [0.4, 0.5) is 0 Å². The van der Waals surface area contributed by atoms with E-state index in [-0.39, 0.29) is 5.91 Å². The third-order valence-electron chi connectivity index (χ3n) is 2.85. The number of nitrogens with two attached hydrogens (primary N) is 1. The van der Waals surface area contributed by atoms with Gasteiger partial charge in [0.1, 0.15) is 0 Å². The molecule has 0 aromatic heterocycles. The molecular weight excluding hydrogens is 212 g/mol. The van der Waals surface area contributed by atoms with E-state index in [0.29, 0.717) is 11.6 Å². The van der Waals surface area contributed by atoms with E-state index in [1.165, 1.54) is 5.56 Å². The smallest absolute Gasteiger partial charge is 0.248 e. The molecule has 0 aliphatic carbocycles. The summed E-state index contributed by atoms with van der Waals surface area (Å²) in [5.74, 6) is -0.366. The molecule has 1 unspecified atom stereocenters. The quantitative estimate of drug-likeness (QED) is 0.759. The number of carbonyl (C=O) groups is 1. The van der Waals surface area contributed by atoms with Gasteiger partial charge in [-0.15, -0.1) is 0 Å². The molecule has 0 aliphatic heterocycles. The van der Waals surface area contributed by atoms with Crippen molar-refractivity contribution in [3.8, 4) is 0 Å². The van der Waals surface area contributed by atoms with Crippen LogP contribution < -0.4 is 11.1 Å². The van der Waals surface area contributed by atoms with Gasteiger partial charge in [0.25, 0.3) is 0 Å². The summed E-state index contributed by atoms with van der Waals surface area (Å²) in [6, 6.07) is 8.08. The van der Waals surface area contributed by atoms with E-state index in [4.69, 9.17) is 5.73 Å². The fourth-order valence-corrected chi connectivity index (χ4v) is 1.71. The van der Waals surface area contributed by atoms with E-state index in [9.17, 15) is 4.79 Å². The Labute approximate surface area is 103 Å². The highest BCUT2D eigenvalue weighted by molar-refractivity contribution is 5.92. The number of hydrogen-bond donors (Lipinski definition) is 2. The molecule has 0 saturated heterocycles. The van der Waals surface area contributed by atoms with E-state index in [0.717, 1.165) is 25.8 Å². The van der Waals surface area contributed by atoms with Gasteiger partial charge in [-0.2, -0.15) is 0 Å². The van der Waals surface area contributed by atoms with Crippen molar-refractivity contribution >= 4 is 5.91 Å².